The number of rotatable bonds is 5. The number of hydrogen-bond donors (Lipinski definition) is 1. The second kappa shape index (κ2) is 5.94. The number of piperidine rings is 1. The highest BCUT2D eigenvalue weighted by Gasteiger charge is 2.45. The zero-order valence-corrected chi connectivity index (χ0v) is 12.3. The molecule has 2 fully saturated rings. The van der Waals surface area contributed by atoms with Gasteiger partial charge in [-0.05, 0) is 44.4 Å². The van der Waals surface area contributed by atoms with Crippen molar-refractivity contribution in [2.45, 2.75) is 56.2 Å². The van der Waals surface area contributed by atoms with Crippen molar-refractivity contribution in [3.05, 3.63) is 0 Å². The summed E-state index contributed by atoms with van der Waals surface area (Å²) >= 11 is 2.07. The summed E-state index contributed by atoms with van der Waals surface area (Å²) in [7, 11) is 0. The molecular weight excluding hydrogens is 228 g/mol. The normalized spacial score (nSPS) is 30.9. The fraction of sp³-hybridized carbons (Fsp3) is 1.00. The molecule has 1 heterocycles. The zero-order valence-electron chi connectivity index (χ0n) is 11.5. The summed E-state index contributed by atoms with van der Waals surface area (Å²) in [5.41, 5.74) is 6.11. The number of thioether (sulfide) groups is 1. The van der Waals surface area contributed by atoms with Crippen molar-refractivity contribution in [2.24, 2.45) is 11.7 Å². The minimum absolute atomic E-state index is 0.490. The van der Waals surface area contributed by atoms with Gasteiger partial charge in [0.15, 0.2) is 0 Å². The minimum atomic E-state index is 0.490. The Morgan fingerprint density at radius 3 is 2.65 bits per heavy atom. The van der Waals surface area contributed by atoms with Crippen LogP contribution < -0.4 is 5.73 Å². The molecule has 0 aromatic carbocycles. The van der Waals surface area contributed by atoms with E-state index in [4.69, 9.17) is 5.73 Å². The van der Waals surface area contributed by atoms with Crippen LogP contribution in [0.5, 0.6) is 0 Å². The highest BCUT2D eigenvalue weighted by molar-refractivity contribution is 8.00. The fourth-order valence-corrected chi connectivity index (χ4v) is 4.82. The van der Waals surface area contributed by atoms with Gasteiger partial charge in [-0.25, -0.2) is 0 Å². The van der Waals surface area contributed by atoms with Crippen molar-refractivity contribution in [3.63, 3.8) is 0 Å². The Kier molecular flexibility index (Phi) is 4.79. The van der Waals surface area contributed by atoms with Gasteiger partial charge in [0.2, 0.25) is 0 Å². The Balaban J connectivity index is 2.02. The third-order valence-electron chi connectivity index (χ3n) is 5.01. The first-order chi connectivity index (χ1) is 8.25. The smallest absolute Gasteiger partial charge is 0.0365 e. The summed E-state index contributed by atoms with van der Waals surface area (Å²) in [4.78, 5) is 2.72. The average Bonchev–Trinajstić information content (AvgIpc) is 2.33. The highest BCUT2D eigenvalue weighted by atomic mass is 32.2. The molecule has 2 atom stereocenters. The molecule has 3 heteroatoms. The van der Waals surface area contributed by atoms with E-state index in [1.54, 1.807) is 0 Å². The average molecular weight is 256 g/mol. The van der Waals surface area contributed by atoms with E-state index in [2.05, 4.69) is 29.8 Å². The first-order valence-corrected chi connectivity index (χ1v) is 8.47. The van der Waals surface area contributed by atoms with Gasteiger partial charge in [0, 0.05) is 23.9 Å². The van der Waals surface area contributed by atoms with Gasteiger partial charge in [-0.3, -0.25) is 4.90 Å². The van der Waals surface area contributed by atoms with Gasteiger partial charge in [-0.2, -0.15) is 11.8 Å². The summed E-state index contributed by atoms with van der Waals surface area (Å²) in [5, 5.41) is 0. The first-order valence-electron chi connectivity index (χ1n) is 7.25. The minimum Gasteiger partial charge on any atom is -0.329 e. The van der Waals surface area contributed by atoms with E-state index in [0.717, 1.165) is 12.5 Å². The Hall–Kier alpha value is 0.270. The number of nitrogens with two attached hydrogens (primary N) is 1. The summed E-state index contributed by atoms with van der Waals surface area (Å²) in [6.07, 6.45) is 10.6. The number of nitrogens with zero attached hydrogens (tertiary/aromatic N) is 1. The highest BCUT2D eigenvalue weighted by Crippen LogP contribution is 2.47. The maximum Gasteiger partial charge on any atom is 0.0365 e. The van der Waals surface area contributed by atoms with Gasteiger partial charge in [0.25, 0.3) is 0 Å². The third kappa shape index (κ3) is 2.66. The van der Waals surface area contributed by atoms with Crippen molar-refractivity contribution < 1.29 is 0 Å². The van der Waals surface area contributed by atoms with Crippen molar-refractivity contribution in [1.29, 1.82) is 0 Å². The molecule has 0 radical (unpaired) electrons. The second-order valence-corrected chi connectivity index (χ2v) is 7.01. The van der Waals surface area contributed by atoms with Gasteiger partial charge in [0.1, 0.15) is 0 Å². The SMILES string of the molecule is CCC1CCCN(C(CN)C2(SC)CCC2)C1. The van der Waals surface area contributed by atoms with Crippen molar-refractivity contribution in [1.82, 2.24) is 4.90 Å². The van der Waals surface area contributed by atoms with E-state index in [1.807, 2.05) is 0 Å². The van der Waals surface area contributed by atoms with Crippen LogP contribution in [0, 0.1) is 5.92 Å². The van der Waals surface area contributed by atoms with Crippen molar-refractivity contribution >= 4 is 11.8 Å². The van der Waals surface area contributed by atoms with Crippen LogP contribution in [0.25, 0.3) is 0 Å². The summed E-state index contributed by atoms with van der Waals surface area (Å²) < 4.78 is 0.490. The molecule has 1 aliphatic carbocycles. The Morgan fingerprint density at radius 2 is 2.18 bits per heavy atom. The standard InChI is InChI=1S/C14H28N2S/c1-3-12-6-4-9-16(11-12)13(10-15)14(17-2)7-5-8-14/h12-13H,3-11,15H2,1-2H3. The summed E-state index contributed by atoms with van der Waals surface area (Å²) in [6.45, 7) is 5.75. The number of likely N-dealkylation sites (tertiary alicyclic amines) is 1. The molecule has 2 nitrogen and oxygen atoms in total. The third-order valence-corrected chi connectivity index (χ3v) is 6.50. The number of hydrogen-bond acceptors (Lipinski definition) is 3. The molecule has 2 unspecified atom stereocenters. The molecule has 1 aliphatic heterocycles. The van der Waals surface area contributed by atoms with E-state index in [1.165, 1.54) is 51.6 Å². The van der Waals surface area contributed by atoms with Gasteiger partial charge in [0.05, 0.1) is 0 Å². The second-order valence-electron chi connectivity index (χ2n) is 5.79. The van der Waals surface area contributed by atoms with E-state index in [-0.39, 0.29) is 0 Å². The summed E-state index contributed by atoms with van der Waals surface area (Å²) in [6, 6.07) is 0.626. The van der Waals surface area contributed by atoms with Crippen molar-refractivity contribution in [2.75, 3.05) is 25.9 Å². The van der Waals surface area contributed by atoms with Crippen LogP contribution in [0.2, 0.25) is 0 Å². The molecule has 2 aliphatic rings. The van der Waals surface area contributed by atoms with Crippen molar-refractivity contribution in [3.8, 4) is 0 Å². The summed E-state index contributed by atoms with van der Waals surface area (Å²) in [5.74, 6) is 0.914. The lowest BCUT2D eigenvalue weighted by Crippen LogP contribution is -2.59. The molecule has 2 N–H and O–H groups in total. The quantitative estimate of drug-likeness (QED) is 0.820. The zero-order chi connectivity index (χ0) is 12.3. The molecule has 0 amide bonds. The maximum atomic E-state index is 6.11. The molecule has 2 rings (SSSR count). The molecule has 100 valence electrons. The van der Waals surface area contributed by atoms with Gasteiger partial charge in [-0.1, -0.05) is 19.8 Å². The first kappa shape index (κ1) is 13.7. The van der Waals surface area contributed by atoms with E-state index in [9.17, 15) is 0 Å². The lowest BCUT2D eigenvalue weighted by molar-refractivity contribution is 0.0772. The predicted octanol–water partition coefficient (Wildman–Crippen LogP) is 2.72. The Morgan fingerprint density at radius 1 is 1.41 bits per heavy atom. The molecule has 0 aromatic rings. The van der Waals surface area contributed by atoms with Crippen LogP contribution in [-0.2, 0) is 0 Å². The molecule has 0 bridgehead atoms. The Bertz CT molecular complexity index is 235. The van der Waals surface area contributed by atoms with Crippen LogP contribution in [0.1, 0.15) is 45.4 Å². The van der Waals surface area contributed by atoms with Gasteiger partial charge in [-0.15, -0.1) is 0 Å². The van der Waals surface area contributed by atoms with Gasteiger partial charge < -0.3 is 5.73 Å². The molecule has 1 saturated heterocycles. The van der Waals surface area contributed by atoms with Crippen LogP contribution >= 0.6 is 11.8 Å². The van der Waals surface area contributed by atoms with Crippen LogP contribution in [0.4, 0.5) is 0 Å². The van der Waals surface area contributed by atoms with Crippen LogP contribution in [0.3, 0.4) is 0 Å². The lowest BCUT2D eigenvalue weighted by atomic mass is 9.77. The Labute approximate surface area is 111 Å². The maximum absolute atomic E-state index is 6.11. The molecule has 0 aromatic heterocycles. The monoisotopic (exact) mass is 256 g/mol. The molecule has 1 saturated carbocycles. The molecule has 17 heavy (non-hydrogen) atoms. The topological polar surface area (TPSA) is 29.3 Å². The van der Waals surface area contributed by atoms with E-state index < -0.39 is 0 Å². The van der Waals surface area contributed by atoms with Gasteiger partial charge >= 0.3 is 0 Å². The van der Waals surface area contributed by atoms with Crippen LogP contribution in [0.15, 0.2) is 0 Å². The largest absolute Gasteiger partial charge is 0.329 e. The molecule has 0 spiro atoms. The molecular formula is C14H28N2S. The fourth-order valence-electron chi connectivity index (χ4n) is 3.61. The van der Waals surface area contributed by atoms with E-state index in [0.29, 0.717) is 10.8 Å². The van der Waals surface area contributed by atoms with E-state index >= 15 is 0 Å². The predicted molar refractivity (Wildman–Crippen MR) is 77.5 cm³/mol. The lowest BCUT2D eigenvalue weighted by Gasteiger charge is -2.52. The van der Waals surface area contributed by atoms with Crippen LogP contribution in [-0.4, -0.2) is 41.6 Å².